The monoisotopic (exact) mass is 463 g/mol. The molecule has 184 valence electrons. The zero-order valence-electron chi connectivity index (χ0n) is 20.8. The molecule has 6 heteroatoms. The number of anilines is 1. The van der Waals surface area contributed by atoms with Crippen LogP contribution in [0, 0.1) is 18.8 Å². The molecule has 0 saturated heterocycles. The van der Waals surface area contributed by atoms with Crippen LogP contribution in [-0.4, -0.2) is 25.7 Å². The van der Waals surface area contributed by atoms with Crippen LogP contribution in [0.15, 0.2) is 49.7 Å². The van der Waals surface area contributed by atoms with Gasteiger partial charge in [0.05, 0.1) is 5.39 Å². The highest BCUT2D eigenvalue weighted by atomic mass is 16.3. The number of nitrogens with two attached hydrogens (primary N) is 2. The molecule has 5 N–H and O–H groups in total. The fourth-order valence-corrected chi connectivity index (χ4v) is 5.20. The van der Waals surface area contributed by atoms with E-state index in [0.717, 1.165) is 61.5 Å². The molecule has 1 saturated carbocycles. The van der Waals surface area contributed by atoms with E-state index in [4.69, 9.17) is 11.5 Å². The van der Waals surface area contributed by atoms with Gasteiger partial charge in [-0.25, -0.2) is 9.97 Å². The van der Waals surface area contributed by atoms with Gasteiger partial charge in [0.1, 0.15) is 23.0 Å². The predicted molar refractivity (Wildman–Crippen MR) is 143 cm³/mol. The van der Waals surface area contributed by atoms with Crippen molar-refractivity contribution < 1.29 is 5.11 Å². The Balaban J connectivity index is 1.64. The van der Waals surface area contributed by atoms with Gasteiger partial charge in [0.15, 0.2) is 0 Å². The second-order valence-electron chi connectivity index (χ2n) is 9.82. The van der Waals surface area contributed by atoms with Gasteiger partial charge in [-0.1, -0.05) is 50.0 Å². The quantitative estimate of drug-likeness (QED) is 0.280. The SMILES string of the molecule is C=CCC/C=C\CCC(N)C(=C)CCC1CC(C)C(O)(n2cc(C=C)c3c(N)nc(C)nc32)C1. The summed E-state index contributed by atoms with van der Waals surface area (Å²) in [5.41, 5.74) is 14.2. The number of aryl methyl sites for hydroxylation is 1. The largest absolute Gasteiger partial charge is 0.383 e. The number of unbranched alkanes of at least 4 members (excludes halogenated alkanes) is 1. The summed E-state index contributed by atoms with van der Waals surface area (Å²) < 4.78 is 1.90. The molecule has 1 aliphatic rings. The summed E-state index contributed by atoms with van der Waals surface area (Å²) in [6.07, 6.45) is 17.4. The zero-order valence-corrected chi connectivity index (χ0v) is 20.8. The van der Waals surface area contributed by atoms with Crippen molar-refractivity contribution in [2.45, 2.75) is 77.0 Å². The van der Waals surface area contributed by atoms with Crippen LogP contribution >= 0.6 is 0 Å². The molecule has 4 atom stereocenters. The Kier molecular flexibility index (Phi) is 8.50. The lowest BCUT2D eigenvalue weighted by Crippen LogP contribution is -2.35. The normalized spacial score (nSPS) is 23.5. The molecule has 1 aliphatic carbocycles. The van der Waals surface area contributed by atoms with Crippen LogP contribution in [0.4, 0.5) is 5.82 Å². The highest BCUT2D eigenvalue weighted by Gasteiger charge is 2.46. The van der Waals surface area contributed by atoms with Gasteiger partial charge in [-0.05, 0) is 64.2 Å². The number of aliphatic hydroxyl groups is 1. The summed E-state index contributed by atoms with van der Waals surface area (Å²) in [5.74, 6) is 1.46. The molecule has 0 aliphatic heterocycles. The first kappa shape index (κ1) is 25.9. The van der Waals surface area contributed by atoms with E-state index in [9.17, 15) is 5.11 Å². The van der Waals surface area contributed by atoms with Gasteiger partial charge in [-0.15, -0.1) is 6.58 Å². The van der Waals surface area contributed by atoms with Gasteiger partial charge in [0.25, 0.3) is 0 Å². The number of hydrogen-bond acceptors (Lipinski definition) is 5. The summed E-state index contributed by atoms with van der Waals surface area (Å²) in [6.45, 7) is 15.8. The molecule has 6 nitrogen and oxygen atoms in total. The average Bonchev–Trinajstić information content (AvgIpc) is 3.32. The lowest BCUT2D eigenvalue weighted by Gasteiger charge is -2.30. The van der Waals surface area contributed by atoms with Gasteiger partial charge >= 0.3 is 0 Å². The van der Waals surface area contributed by atoms with E-state index in [2.05, 4.69) is 48.8 Å². The standard InChI is InChI=1S/C28H41N5O/c1-6-8-9-10-11-12-13-24(29)19(3)14-15-22-16-20(4)28(34,17-22)33-18-23(7-2)25-26(30)31-21(5)32-27(25)33/h6-7,10-11,18,20,22,24,34H,1-3,8-9,12-17,29H2,4-5H3,(H2,30,31,32)/b11-10-. The van der Waals surface area contributed by atoms with Gasteiger partial charge in [-0.2, -0.15) is 0 Å². The summed E-state index contributed by atoms with van der Waals surface area (Å²) in [6, 6.07) is 0.00737. The van der Waals surface area contributed by atoms with Crippen LogP contribution in [0.3, 0.4) is 0 Å². The lowest BCUT2D eigenvalue weighted by atomic mass is 9.93. The minimum atomic E-state index is -1.03. The third-order valence-electron chi connectivity index (χ3n) is 7.26. The van der Waals surface area contributed by atoms with Crippen molar-refractivity contribution in [2.24, 2.45) is 17.6 Å². The fraction of sp³-hybridized carbons (Fsp3) is 0.500. The van der Waals surface area contributed by atoms with Crippen LogP contribution in [0.5, 0.6) is 0 Å². The topological polar surface area (TPSA) is 103 Å². The maximum Gasteiger partial charge on any atom is 0.148 e. The maximum absolute atomic E-state index is 11.8. The Hall–Kier alpha value is -2.70. The number of hydrogen-bond donors (Lipinski definition) is 3. The first-order valence-corrected chi connectivity index (χ1v) is 12.4. The Morgan fingerprint density at radius 2 is 2.03 bits per heavy atom. The predicted octanol–water partition coefficient (Wildman–Crippen LogP) is 5.62. The van der Waals surface area contributed by atoms with Crippen molar-refractivity contribution in [2.75, 3.05) is 5.73 Å². The van der Waals surface area contributed by atoms with Crippen LogP contribution in [0.25, 0.3) is 17.1 Å². The molecule has 0 bridgehead atoms. The van der Waals surface area contributed by atoms with E-state index in [1.165, 1.54) is 0 Å². The lowest BCUT2D eigenvalue weighted by molar-refractivity contribution is -0.0658. The molecule has 2 heterocycles. The third-order valence-corrected chi connectivity index (χ3v) is 7.26. The molecular formula is C28H41N5O. The number of fused-ring (bicyclic) bond motifs is 1. The van der Waals surface area contributed by atoms with E-state index < -0.39 is 5.72 Å². The van der Waals surface area contributed by atoms with E-state index in [-0.39, 0.29) is 12.0 Å². The third kappa shape index (κ3) is 5.50. The van der Waals surface area contributed by atoms with Crippen LogP contribution < -0.4 is 11.5 Å². The number of nitrogens with zero attached hydrogens (tertiary/aromatic N) is 3. The Morgan fingerprint density at radius 3 is 2.74 bits per heavy atom. The van der Waals surface area contributed by atoms with E-state index in [1.807, 2.05) is 23.8 Å². The van der Waals surface area contributed by atoms with Crippen molar-refractivity contribution in [1.82, 2.24) is 14.5 Å². The fourth-order valence-electron chi connectivity index (χ4n) is 5.20. The number of nitrogen functional groups attached to an aromatic ring is 1. The Bertz CT molecular complexity index is 1070. The molecule has 1 fully saturated rings. The Labute approximate surface area is 204 Å². The summed E-state index contributed by atoms with van der Waals surface area (Å²) in [5, 5.41) is 12.6. The van der Waals surface area contributed by atoms with Crippen molar-refractivity contribution in [3.63, 3.8) is 0 Å². The van der Waals surface area contributed by atoms with E-state index in [0.29, 0.717) is 29.6 Å². The molecule has 0 radical (unpaired) electrons. The van der Waals surface area contributed by atoms with Gasteiger partial charge in [0, 0.05) is 23.7 Å². The van der Waals surface area contributed by atoms with Crippen molar-refractivity contribution in [3.8, 4) is 0 Å². The molecule has 0 amide bonds. The van der Waals surface area contributed by atoms with Crippen molar-refractivity contribution >= 4 is 22.9 Å². The van der Waals surface area contributed by atoms with E-state index >= 15 is 0 Å². The second kappa shape index (κ2) is 11.2. The minimum absolute atomic E-state index is 0.00737. The molecule has 4 unspecified atom stereocenters. The van der Waals surface area contributed by atoms with Gasteiger partial charge < -0.3 is 21.1 Å². The Morgan fingerprint density at radius 1 is 1.29 bits per heavy atom. The van der Waals surface area contributed by atoms with Crippen LogP contribution in [0.2, 0.25) is 0 Å². The molecule has 34 heavy (non-hydrogen) atoms. The number of allylic oxidation sites excluding steroid dienone is 3. The van der Waals surface area contributed by atoms with Gasteiger partial charge in [-0.3, -0.25) is 0 Å². The number of rotatable bonds is 12. The summed E-state index contributed by atoms with van der Waals surface area (Å²) >= 11 is 0. The highest BCUT2D eigenvalue weighted by Crippen LogP contribution is 2.47. The summed E-state index contributed by atoms with van der Waals surface area (Å²) in [4.78, 5) is 8.93. The molecule has 2 aromatic rings. The minimum Gasteiger partial charge on any atom is -0.383 e. The van der Waals surface area contributed by atoms with Gasteiger partial charge in [0.2, 0.25) is 0 Å². The molecule has 2 aromatic heterocycles. The average molecular weight is 464 g/mol. The first-order chi connectivity index (χ1) is 16.2. The van der Waals surface area contributed by atoms with Crippen molar-refractivity contribution in [3.05, 3.63) is 61.1 Å². The molecule has 3 rings (SSSR count). The molecule has 0 spiro atoms. The highest BCUT2D eigenvalue weighted by molar-refractivity contribution is 5.94. The van der Waals surface area contributed by atoms with Crippen LogP contribution in [0.1, 0.15) is 69.7 Å². The number of aromatic nitrogens is 3. The summed E-state index contributed by atoms with van der Waals surface area (Å²) in [7, 11) is 0. The van der Waals surface area contributed by atoms with Crippen molar-refractivity contribution in [1.29, 1.82) is 0 Å². The van der Waals surface area contributed by atoms with Crippen LogP contribution in [-0.2, 0) is 5.72 Å². The van der Waals surface area contributed by atoms with E-state index in [1.54, 1.807) is 6.08 Å². The smallest absolute Gasteiger partial charge is 0.148 e. The maximum atomic E-state index is 11.8. The zero-order chi connectivity index (χ0) is 24.9. The molecular weight excluding hydrogens is 422 g/mol. The first-order valence-electron chi connectivity index (χ1n) is 12.4. The second-order valence-corrected chi connectivity index (χ2v) is 9.82. The molecule has 0 aromatic carbocycles.